The highest BCUT2D eigenvalue weighted by atomic mass is 79.9. The molecule has 0 saturated carbocycles. The average Bonchev–Trinajstić information content (AvgIpc) is 2.19. The van der Waals surface area contributed by atoms with Gasteiger partial charge in [0.2, 0.25) is 0 Å². The van der Waals surface area contributed by atoms with Crippen LogP contribution in [0.5, 0.6) is 5.75 Å². The third-order valence-corrected chi connectivity index (χ3v) is 3.81. The Labute approximate surface area is 101 Å². The number of carbonyl (C=O) groups excluding carboxylic acids is 1. The van der Waals surface area contributed by atoms with Gasteiger partial charge in [-0.15, -0.1) is 0 Å². The summed E-state index contributed by atoms with van der Waals surface area (Å²) < 4.78 is 27.3. The molecule has 7 heteroatoms. The van der Waals surface area contributed by atoms with Crippen LogP contribution in [0.25, 0.3) is 0 Å². The Morgan fingerprint density at radius 1 is 1.44 bits per heavy atom. The maximum absolute atomic E-state index is 11.4. The van der Waals surface area contributed by atoms with Crippen LogP contribution in [-0.4, -0.2) is 32.9 Å². The second kappa shape index (κ2) is 4.42. The van der Waals surface area contributed by atoms with E-state index in [1.54, 1.807) is 0 Å². The van der Waals surface area contributed by atoms with E-state index in [2.05, 4.69) is 20.7 Å². The van der Waals surface area contributed by atoms with Crippen LogP contribution in [0, 0.1) is 0 Å². The second-order valence-electron chi connectivity index (χ2n) is 3.04. The van der Waals surface area contributed by atoms with Crippen molar-refractivity contribution in [1.29, 1.82) is 0 Å². The first-order valence-corrected chi connectivity index (χ1v) is 6.77. The lowest BCUT2D eigenvalue weighted by atomic mass is 10.2. The largest absolute Gasteiger partial charge is 0.507 e. The fraction of sp³-hybridized carbons (Fsp3) is 0.222. The minimum atomic E-state index is -3.57. The number of carbonyl (C=O) groups is 1. The van der Waals surface area contributed by atoms with Gasteiger partial charge in [-0.25, -0.2) is 13.2 Å². The first-order valence-electron chi connectivity index (χ1n) is 4.09. The second-order valence-corrected chi connectivity index (χ2v) is 5.81. The summed E-state index contributed by atoms with van der Waals surface area (Å²) in [6.07, 6.45) is 0.970. The molecule has 1 rings (SSSR count). The Balaban J connectivity index is 3.65. The van der Waals surface area contributed by atoms with E-state index < -0.39 is 15.8 Å². The molecule has 16 heavy (non-hydrogen) atoms. The number of aromatic hydroxyl groups is 1. The minimum absolute atomic E-state index is 0.00211. The van der Waals surface area contributed by atoms with E-state index >= 15 is 0 Å². The summed E-state index contributed by atoms with van der Waals surface area (Å²) in [7, 11) is -2.44. The molecule has 0 amide bonds. The van der Waals surface area contributed by atoms with Crippen molar-refractivity contribution in [3.05, 3.63) is 22.2 Å². The lowest BCUT2D eigenvalue weighted by molar-refractivity contribution is 0.0594. The van der Waals surface area contributed by atoms with Gasteiger partial charge >= 0.3 is 5.97 Å². The molecule has 1 N–H and O–H groups in total. The van der Waals surface area contributed by atoms with Crippen LogP contribution >= 0.6 is 15.9 Å². The number of phenolic OH excluding ortho intramolecular Hbond substituents is 1. The SMILES string of the molecule is COC(=O)c1c(S(C)(=O)=O)ccc(O)c1Br. The summed E-state index contributed by atoms with van der Waals surface area (Å²) in [6.45, 7) is 0. The molecule has 0 bridgehead atoms. The third-order valence-electron chi connectivity index (χ3n) is 1.87. The molecule has 0 heterocycles. The number of sulfone groups is 1. The number of methoxy groups -OCH3 is 1. The van der Waals surface area contributed by atoms with E-state index in [0.29, 0.717) is 0 Å². The first-order chi connectivity index (χ1) is 7.29. The Bertz CT molecular complexity index is 535. The summed E-state index contributed by atoms with van der Waals surface area (Å²) >= 11 is 2.95. The lowest BCUT2D eigenvalue weighted by Crippen LogP contribution is -2.10. The smallest absolute Gasteiger partial charge is 0.340 e. The molecule has 0 aliphatic heterocycles. The van der Waals surface area contributed by atoms with Crippen molar-refractivity contribution in [1.82, 2.24) is 0 Å². The molecule has 0 radical (unpaired) electrons. The monoisotopic (exact) mass is 308 g/mol. The highest BCUT2D eigenvalue weighted by Crippen LogP contribution is 2.32. The van der Waals surface area contributed by atoms with Crippen molar-refractivity contribution < 1.29 is 23.1 Å². The summed E-state index contributed by atoms with van der Waals surface area (Å²) in [5, 5.41) is 9.39. The fourth-order valence-corrected chi connectivity index (χ4v) is 2.66. The number of rotatable bonds is 2. The van der Waals surface area contributed by atoms with Gasteiger partial charge in [0, 0.05) is 6.26 Å². The van der Waals surface area contributed by atoms with Crippen LogP contribution in [0.4, 0.5) is 0 Å². The maximum atomic E-state index is 11.4. The highest BCUT2D eigenvalue weighted by molar-refractivity contribution is 9.10. The van der Waals surface area contributed by atoms with Crippen LogP contribution in [0.15, 0.2) is 21.5 Å². The molecule has 1 aromatic rings. The molecule has 0 spiro atoms. The van der Waals surface area contributed by atoms with Crippen molar-refractivity contribution in [2.24, 2.45) is 0 Å². The number of hydrogen-bond acceptors (Lipinski definition) is 5. The van der Waals surface area contributed by atoms with Gasteiger partial charge in [-0.2, -0.15) is 0 Å². The molecule has 0 atom stereocenters. The molecule has 0 aromatic heterocycles. The number of hydrogen-bond donors (Lipinski definition) is 1. The predicted octanol–water partition coefficient (Wildman–Crippen LogP) is 1.34. The van der Waals surface area contributed by atoms with Crippen molar-refractivity contribution in [3.8, 4) is 5.75 Å². The Hall–Kier alpha value is -1.08. The van der Waals surface area contributed by atoms with E-state index in [4.69, 9.17) is 0 Å². The van der Waals surface area contributed by atoms with Gasteiger partial charge in [-0.05, 0) is 28.1 Å². The Morgan fingerprint density at radius 2 is 2.00 bits per heavy atom. The molecule has 0 fully saturated rings. The lowest BCUT2D eigenvalue weighted by Gasteiger charge is -2.09. The van der Waals surface area contributed by atoms with Crippen LogP contribution in [0.1, 0.15) is 10.4 Å². The van der Waals surface area contributed by atoms with Crippen LogP contribution in [0.2, 0.25) is 0 Å². The van der Waals surface area contributed by atoms with Gasteiger partial charge in [0.25, 0.3) is 0 Å². The van der Waals surface area contributed by atoms with Gasteiger partial charge in [0.05, 0.1) is 22.0 Å². The van der Waals surface area contributed by atoms with Gasteiger partial charge in [0.15, 0.2) is 9.84 Å². The quantitative estimate of drug-likeness (QED) is 0.834. The summed E-state index contributed by atoms with van der Waals surface area (Å²) in [5.74, 6) is -1.06. The van der Waals surface area contributed by atoms with Crippen LogP contribution in [0.3, 0.4) is 0 Å². The number of benzene rings is 1. The summed E-state index contributed by atoms with van der Waals surface area (Å²) in [6, 6.07) is 2.34. The first kappa shape index (κ1) is 13.0. The van der Waals surface area contributed by atoms with Crippen LogP contribution in [-0.2, 0) is 14.6 Å². The average molecular weight is 309 g/mol. The molecule has 0 aliphatic carbocycles. The normalized spacial score (nSPS) is 11.2. The summed E-state index contributed by atoms with van der Waals surface area (Å²) in [4.78, 5) is 11.2. The Kier molecular flexibility index (Phi) is 3.59. The maximum Gasteiger partial charge on any atom is 0.340 e. The van der Waals surface area contributed by atoms with E-state index in [1.165, 1.54) is 6.07 Å². The van der Waals surface area contributed by atoms with Crippen molar-refractivity contribution in [2.45, 2.75) is 4.90 Å². The summed E-state index contributed by atoms with van der Waals surface area (Å²) in [5.41, 5.74) is -0.204. The molecule has 0 unspecified atom stereocenters. The van der Waals surface area contributed by atoms with E-state index in [0.717, 1.165) is 19.4 Å². The van der Waals surface area contributed by atoms with Gasteiger partial charge in [-0.3, -0.25) is 0 Å². The number of esters is 1. The van der Waals surface area contributed by atoms with Gasteiger partial charge in [0.1, 0.15) is 5.75 Å². The molecule has 0 saturated heterocycles. The van der Waals surface area contributed by atoms with Crippen molar-refractivity contribution >= 4 is 31.7 Å². The Morgan fingerprint density at radius 3 is 2.44 bits per heavy atom. The zero-order valence-corrected chi connectivity index (χ0v) is 10.9. The minimum Gasteiger partial charge on any atom is -0.507 e. The zero-order valence-electron chi connectivity index (χ0n) is 8.52. The third kappa shape index (κ3) is 2.35. The van der Waals surface area contributed by atoms with E-state index in [9.17, 15) is 18.3 Å². The number of phenols is 1. The van der Waals surface area contributed by atoms with Crippen molar-refractivity contribution in [3.63, 3.8) is 0 Å². The van der Waals surface area contributed by atoms with Crippen LogP contribution < -0.4 is 0 Å². The molecule has 1 aromatic carbocycles. The van der Waals surface area contributed by atoms with E-state index in [1.807, 2.05) is 0 Å². The van der Waals surface area contributed by atoms with E-state index in [-0.39, 0.29) is 20.7 Å². The molecule has 88 valence electrons. The standard InChI is InChI=1S/C9H9BrO5S/c1-15-9(12)7-6(16(2,13)14)4-3-5(11)8(7)10/h3-4,11H,1-2H3. The molecular weight excluding hydrogens is 300 g/mol. The fourth-order valence-electron chi connectivity index (χ4n) is 1.15. The zero-order chi connectivity index (χ0) is 12.5. The van der Waals surface area contributed by atoms with Gasteiger partial charge < -0.3 is 9.84 Å². The number of halogens is 1. The number of ether oxygens (including phenoxy) is 1. The van der Waals surface area contributed by atoms with Gasteiger partial charge in [-0.1, -0.05) is 0 Å². The molecular formula is C9H9BrO5S. The van der Waals surface area contributed by atoms with Crippen molar-refractivity contribution in [2.75, 3.05) is 13.4 Å². The topological polar surface area (TPSA) is 80.7 Å². The predicted molar refractivity (Wildman–Crippen MR) is 60.3 cm³/mol. The molecule has 5 nitrogen and oxygen atoms in total. The highest BCUT2D eigenvalue weighted by Gasteiger charge is 2.24. The molecule has 0 aliphatic rings.